The lowest BCUT2D eigenvalue weighted by Crippen LogP contribution is -2.14. The Morgan fingerprint density at radius 2 is 1.73 bits per heavy atom. The van der Waals surface area contributed by atoms with Crippen LogP contribution in [0.5, 0.6) is 5.75 Å². The van der Waals surface area contributed by atoms with Crippen molar-refractivity contribution in [2.45, 2.75) is 0 Å². The van der Waals surface area contributed by atoms with E-state index in [0.29, 0.717) is 11.4 Å². The molecule has 1 aromatic heterocycles. The molecule has 26 heavy (non-hydrogen) atoms. The maximum atomic E-state index is 13.3. The molecule has 2 aromatic carbocycles. The zero-order valence-corrected chi connectivity index (χ0v) is 13.7. The Morgan fingerprint density at radius 3 is 2.42 bits per heavy atom. The minimum absolute atomic E-state index is 0.0818. The number of benzene rings is 2. The summed E-state index contributed by atoms with van der Waals surface area (Å²) < 4.78 is 31.3. The van der Waals surface area contributed by atoms with Gasteiger partial charge < -0.3 is 15.4 Å². The number of nitrogens with zero attached hydrogens (tertiary/aromatic N) is 2. The maximum Gasteiger partial charge on any atom is 0.274 e. The third kappa shape index (κ3) is 4.10. The molecule has 0 unspecified atom stereocenters. The summed E-state index contributed by atoms with van der Waals surface area (Å²) in [4.78, 5) is 20.3. The van der Waals surface area contributed by atoms with Crippen molar-refractivity contribution in [2.24, 2.45) is 0 Å². The number of methoxy groups -OCH3 is 1. The number of halogens is 2. The third-order valence-electron chi connectivity index (χ3n) is 3.41. The molecule has 6 nitrogen and oxygen atoms in total. The number of carbonyl (C=O) groups excluding carboxylic acids is 1. The predicted molar refractivity (Wildman–Crippen MR) is 92.6 cm³/mol. The predicted octanol–water partition coefficient (Wildman–Crippen LogP) is 3.76. The van der Waals surface area contributed by atoms with E-state index in [1.807, 2.05) is 0 Å². The molecule has 3 rings (SSSR count). The monoisotopic (exact) mass is 356 g/mol. The molecule has 2 N–H and O–H groups in total. The number of aromatic nitrogens is 2. The minimum atomic E-state index is -0.997. The molecule has 132 valence electrons. The third-order valence-corrected chi connectivity index (χ3v) is 3.41. The lowest BCUT2D eigenvalue weighted by Gasteiger charge is -2.08. The summed E-state index contributed by atoms with van der Waals surface area (Å²) >= 11 is 0. The fourth-order valence-corrected chi connectivity index (χ4v) is 2.12. The highest BCUT2D eigenvalue weighted by atomic mass is 19.2. The number of nitrogens with one attached hydrogen (secondary N) is 2. The normalized spacial score (nSPS) is 10.3. The largest absolute Gasteiger partial charge is 0.497 e. The second-order valence-corrected chi connectivity index (χ2v) is 5.20. The summed E-state index contributed by atoms with van der Waals surface area (Å²) in [5.74, 6) is -1.64. The first-order valence-corrected chi connectivity index (χ1v) is 7.55. The quantitative estimate of drug-likeness (QED) is 0.728. The summed E-state index contributed by atoms with van der Waals surface area (Å²) in [7, 11) is 1.55. The summed E-state index contributed by atoms with van der Waals surface area (Å²) in [5, 5.41) is 5.42. The van der Waals surface area contributed by atoms with Crippen molar-refractivity contribution in [3.8, 4) is 5.75 Å². The van der Waals surface area contributed by atoms with Crippen molar-refractivity contribution in [1.29, 1.82) is 0 Å². The first kappa shape index (κ1) is 17.3. The van der Waals surface area contributed by atoms with Gasteiger partial charge in [0.05, 0.1) is 7.11 Å². The van der Waals surface area contributed by atoms with Crippen LogP contribution in [0, 0.1) is 11.6 Å². The molecule has 0 saturated carbocycles. The molecule has 0 aliphatic carbocycles. The average molecular weight is 356 g/mol. The molecule has 1 heterocycles. The van der Waals surface area contributed by atoms with Gasteiger partial charge in [-0.3, -0.25) is 4.79 Å². The molecule has 0 spiro atoms. The van der Waals surface area contributed by atoms with E-state index in [-0.39, 0.29) is 17.3 Å². The van der Waals surface area contributed by atoms with Gasteiger partial charge in [-0.25, -0.2) is 18.7 Å². The van der Waals surface area contributed by atoms with Crippen molar-refractivity contribution in [3.05, 3.63) is 72.1 Å². The van der Waals surface area contributed by atoms with Crippen LogP contribution in [-0.2, 0) is 0 Å². The Balaban J connectivity index is 1.73. The fraction of sp³-hybridized carbons (Fsp3) is 0.0556. The van der Waals surface area contributed by atoms with Crippen molar-refractivity contribution >= 4 is 23.2 Å². The van der Waals surface area contributed by atoms with Gasteiger partial charge in [-0.1, -0.05) is 0 Å². The summed E-state index contributed by atoms with van der Waals surface area (Å²) in [6, 6.07) is 11.6. The maximum absolute atomic E-state index is 13.3. The molecular weight excluding hydrogens is 342 g/mol. The van der Waals surface area contributed by atoms with Crippen molar-refractivity contribution < 1.29 is 18.3 Å². The SMILES string of the molecule is COc1ccc(NC(=O)c2ccnc(Nc3ccc(F)c(F)c3)n2)cc1. The number of amides is 1. The van der Waals surface area contributed by atoms with E-state index >= 15 is 0 Å². The summed E-state index contributed by atoms with van der Waals surface area (Å²) in [6.07, 6.45) is 1.39. The Labute approximate surface area is 147 Å². The van der Waals surface area contributed by atoms with Gasteiger partial charge in [-0.15, -0.1) is 0 Å². The lowest BCUT2D eigenvalue weighted by molar-refractivity contribution is 0.102. The Morgan fingerprint density at radius 1 is 1.00 bits per heavy atom. The molecule has 0 saturated heterocycles. The first-order valence-electron chi connectivity index (χ1n) is 7.55. The zero-order chi connectivity index (χ0) is 18.5. The number of hydrogen-bond donors (Lipinski definition) is 2. The summed E-state index contributed by atoms with van der Waals surface area (Å²) in [6.45, 7) is 0. The fourth-order valence-electron chi connectivity index (χ4n) is 2.12. The van der Waals surface area contributed by atoms with Gasteiger partial charge >= 0.3 is 0 Å². The van der Waals surface area contributed by atoms with Gasteiger partial charge in [0.25, 0.3) is 5.91 Å². The topological polar surface area (TPSA) is 76.1 Å². The molecule has 0 radical (unpaired) electrons. The van der Waals surface area contributed by atoms with Crippen LogP contribution in [0.3, 0.4) is 0 Å². The van der Waals surface area contributed by atoms with Crippen molar-refractivity contribution in [2.75, 3.05) is 17.7 Å². The van der Waals surface area contributed by atoms with E-state index < -0.39 is 17.5 Å². The zero-order valence-electron chi connectivity index (χ0n) is 13.7. The standard InChI is InChI=1S/C18H14F2N4O2/c1-26-13-5-2-11(3-6-13)22-17(25)16-8-9-21-18(24-16)23-12-4-7-14(19)15(20)10-12/h2-10H,1H3,(H,22,25)(H,21,23,24). The van der Waals surface area contributed by atoms with Gasteiger partial charge in [0.2, 0.25) is 5.95 Å². The van der Waals surface area contributed by atoms with E-state index in [9.17, 15) is 13.6 Å². The lowest BCUT2D eigenvalue weighted by atomic mass is 10.3. The minimum Gasteiger partial charge on any atom is -0.497 e. The highest BCUT2D eigenvalue weighted by Crippen LogP contribution is 2.18. The molecule has 0 aliphatic rings. The molecule has 0 fully saturated rings. The number of hydrogen-bond acceptors (Lipinski definition) is 5. The number of carbonyl (C=O) groups is 1. The van der Waals surface area contributed by atoms with Crippen LogP contribution in [0.1, 0.15) is 10.5 Å². The molecular formula is C18H14F2N4O2. The number of ether oxygens (including phenoxy) is 1. The molecule has 0 bridgehead atoms. The van der Waals surface area contributed by atoms with E-state index in [0.717, 1.165) is 12.1 Å². The smallest absolute Gasteiger partial charge is 0.274 e. The van der Waals surface area contributed by atoms with Crippen molar-refractivity contribution in [1.82, 2.24) is 9.97 Å². The molecule has 0 atom stereocenters. The van der Waals surface area contributed by atoms with E-state index in [1.54, 1.807) is 31.4 Å². The van der Waals surface area contributed by atoms with E-state index in [2.05, 4.69) is 20.6 Å². The highest BCUT2D eigenvalue weighted by Gasteiger charge is 2.10. The van der Waals surface area contributed by atoms with Crippen LogP contribution < -0.4 is 15.4 Å². The van der Waals surface area contributed by atoms with Gasteiger partial charge in [-0.05, 0) is 42.5 Å². The van der Waals surface area contributed by atoms with Crippen LogP contribution in [0.25, 0.3) is 0 Å². The Hall–Kier alpha value is -3.55. The Kier molecular flexibility index (Phi) is 5.02. The van der Waals surface area contributed by atoms with Crippen LogP contribution >= 0.6 is 0 Å². The van der Waals surface area contributed by atoms with Gasteiger partial charge in [0.1, 0.15) is 11.4 Å². The highest BCUT2D eigenvalue weighted by molar-refractivity contribution is 6.03. The molecule has 3 aromatic rings. The number of anilines is 3. The second-order valence-electron chi connectivity index (χ2n) is 5.20. The van der Waals surface area contributed by atoms with Crippen LogP contribution in [-0.4, -0.2) is 23.0 Å². The number of rotatable bonds is 5. The van der Waals surface area contributed by atoms with E-state index in [1.165, 1.54) is 18.3 Å². The average Bonchev–Trinajstić information content (AvgIpc) is 2.65. The van der Waals surface area contributed by atoms with Crippen LogP contribution in [0.2, 0.25) is 0 Å². The van der Waals surface area contributed by atoms with Crippen LogP contribution in [0.15, 0.2) is 54.7 Å². The van der Waals surface area contributed by atoms with Gasteiger partial charge in [-0.2, -0.15) is 0 Å². The van der Waals surface area contributed by atoms with Gasteiger partial charge in [0.15, 0.2) is 11.6 Å². The van der Waals surface area contributed by atoms with E-state index in [4.69, 9.17) is 4.74 Å². The molecule has 0 aliphatic heterocycles. The summed E-state index contributed by atoms with van der Waals surface area (Å²) in [5.41, 5.74) is 0.946. The van der Waals surface area contributed by atoms with Crippen LogP contribution in [0.4, 0.5) is 26.1 Å². The molecule has 1 amide bonds. The molecule has 8 heteroatoms. The first-order chi connectivity index (χ1) is 12.5. The van der Waals surface area contributed by atoms with Gasteiger partial charge in [0, 0.05) is 23.6 Å². The van der Waals surface area contributed by atoms with Crippen molar-refractivity contribution in [3.63, 3.8) is 0 Å². The Bertz CT molecular complexity index is 933. The second kappa shape index (κ2) is 7.56.